The van der Waals surface area contributed by atoms with Crippen LogP contribution in [0, 0.1) is 0 Å². The molecule has 3 rings (SSSR count). The Bertz CT molecular complexity index is 590. The Labute approximate surface area is 148 Å². The number of carbonyl (C=O) groups excluding carboxylic acids is 2. The normalized spacial score (nSPS) is 19.5. The molecule has 2 saturated heterocycles. The molecule has 0 spiro atoms. The number of amides is 2. The van der Waals surface area contributed by atoms with E-state index in [0.717, 1.165) is 39.3 Å². The fourth-order valence-corrected chi connectivity index (χ4v) is 3.21. The van der Waals surface area contributed by atoms with Crippen LogP contribution >= 0.6 is 0 Å². The lowest BCUT2D eigenvalue weighted by Gasteiger charge is -2.32. The van der Waals surface area contributed by atoms with Gasteiger partial charge in [0.05, 0.1) is 0 Å². The van der Waals surface area contributed by atoms with Crippen molar-refractivity contribution in [2.24, 2.45) is 0 Å². The molecule has 1 aromatic carbocycles. The lowest BCUT2D eigenvalue weighted by Crippen LogP contribution is -2.54. The van der Waals surface area contributed by atoms with E-state index in [4.69, 9.17) is 0 Å². The van der Waals surface area contributed by atoms with E-state index in [1.807, 2.05) is 31.3 Å². The molecule has 0 unspecified atom stereocenters. The molecule has 0 saturated carbocycles. The van der Waals surface area contributed by atoms with Crippen LogP contribution in [0.5, 0.6) is 0 Å². The number of nitrogens with zero attached hydrogens (tertiary/aromatic N) is 3. The van der Waals surface area contributed by atoms with Crippen LogP contribution in [0.1, 0.15) is 19.3 Å². The summed E-state index contributed by atoms with van der Waals surface area (Å²) in [6.45, 7) is 5.36. The molecule has 0 bridgehead atoms. The number of anilines is 2. The van der Waals surface area contributed by atoms with Crippen molar-refractivity contribution in [1.29, 1.82) is 0 Å². The van der Waals surface area contributed by atoms with Gasteiger partial charge in [-0.25, -0.2) is 5.01 Å². The van der Waals surface area contributed by atoms with Gasteiger partial charge in [-0.3, -0.25) is 15.0 Å². The predicted octanol–water partition coefficient (Wildman–Crippen LogP) is 0.894. The lowest BCUT2D eigenvalue weighted by molar-refractivity contribution is -0.139. The van der Waals surface area contributed by atoms with Crippen molar-refractivity contribution >= 4 is 23.2 Å². The summed E-state index contributed by atoms with van der Waals surface area (Å²) in [4.78, 5) is 28.6. The fourth-order valence-electron chi connectivity index (χ4n) is 3.21. The molecular weight excluding hydrogens is 318 g/mol. The Hall–Kier alpha value is -2.12. The molecule has 7 heteroatoms. The minimum absolute atomic E-state index is 0.621. The maximum Gasteiger partial charge on any atom is 0.323 e. The third kappa shape index (κ3) is 4.93. The van der Waals surface area contributed by atoms with Gasteiger partial charge in [0, 0.05) is 50.6 Å². The van der Waals surface area contributed by atoms with E-state index in [1.54, 1.807) is 5.01 Å². The third-order valence-corrected chi connectivity index (χ3v) is 4.82. The maximum atomic E-state index is 12.1. The second kappa shape index (κ2) is 8.31. The number of nitrogens with one attached hydrogen (secondary N) is 2. The molecule has 136 valence electrons. The summed E-state index contributed by atoms with van der Waals surface area (Å²) in [6, 6.07) is 7.70. The first kappa shape index (κ1) is 17.7. The monoisotopic (exact) mass is 345 g/mol. The van der Waals surface area contributed by atoms with E-state index in [2.05, 4.69) is 20.5 Å². The van der Waals surface area contributed by atoms with Crippen LogP contribution in [0.3, 0.4) is 0 Å². The summed E-state index contributed by atoms with van der Waals surface area (Å²) < 4.78 is 0. The zero-order chi connectivity index (χ0) is 17.6. The average molecular weight is 345 g/mol. The van der Waals surface area contributed by atoms with Crippen molar-refractivity contribution in [1.82, 2.24) is 15.3 Å². The van der Waals surface area contributed by atoms with Crippen LogP contribution in [-0.4, -0.2) is 68.0 Å². The number of hydrogen-bond acceptors (Lipinski definition) is 5. The third-order valence-electron chi connectivity index (χ3n) is 4.82. The summed E-state index contributed by atoms with van der Waals surface area (Å²) in [5, 5.41) is 4.46. The number of hydrazine groups is 1. The Balaban J connectivity index is 1.49. The number of piperidine rings is 1. The van der Waals surface area contributed by atoms with Crippen LogP contribution in [0.15, 0.2) is 24.3 Å². The fraction of sp³-hybridized carbons (Fsp3) is 0.556. The second-order valence-corrected chi connectivity index (χ2v) is 6.78. The summed E-state index contributed by atoms with van der Waals surface area (Å²) in [5.74, 6) is -1.26. The molecule has 2 aliphatic rings. The van der Waals surface area contributed by atoms with Gasteiger partial charge in [-0.1, -0.05) is 0 Å². The minimum Gasteiger partial charge on any atom is -0.372 e. The predicted molar refractivity (Wildman–Crippen MR) is 98.3 cm³/mol. The SMILES string of the molecule is CN1CCN(NC(=O)C(=O)Nc2ccc(N3CCCCC3)cc2)CC1. The average Bonchev–Trinajstić information content (AvgIpc) is 2.65. The van der Waals surface area contributed by atoms with E-state index >= 15 is 0 Å². The van der Waals surface area contributed by atoms with Crippen LogP contribution in [0.25, 0.3) is 0 Å². The van der Waals surface area contributed by atoms with Crippen molar-refractivity contribution in [3.8, 4) is 0 Å². The quantitative estimate of drug-likeness (QED) is 0.797. The maximum absolute atomic E-state index is 12.1. The molecular formula is C18H27N5O2. The zero-order valence-electron chi connectivity index (χ0n) is 14.8. The van der Waals surface area contributed by atoms with Gasteiger partial charge in [0.15, 0.2) is 0 Å². The van der Waals surface area contributed by atoms with E-state index < -0.39 is 11.8 Å². The first-order chi connectivity index (χ1) is 12.1. The zero-order valence-corrected chi connectivity index (χ0v) is 14.8. The van der Waals surface area contributed by atoms with Gasteiger partial charge in [0.1, 0.15) is 0 Å². The standard InChI is InChI=1S/C18H27N5O2/c1-21-11-13-23(14-12-21)20-18(25)17(24)19-15-5-7-16(8-6-15)22-9-3-2-4-10-22/h5-8H,2-4,9-14H2,1H3,(H,19,24)(H,20,25). The first-order valence-electron chi connectivity index (χ1n) is 9.02. The van der Waals surface area contributed by atoms with Gasteiger partial charge in [0.25, 0.3) is 0 Å². The van der Waals surface area contributed by atoms with Gasteiger partial charge in [-0.05, 0) is 50.6 Å². The number of benzene rings is 1. The Kier molecular flexibility index (Phi) is 5.88. The topological polar surface area (TPSA) is 67.9 Å². The molecule has 1 aromatic rings. The minimum atomic E-state index is -0.635. The number of likely N-dealkylation sites (N-methyl/N-ethyl adjacent to an activating group) is 1. The Morgan fingerprint density at radius 2 is 1.48 bits per heavy atom. The van der Waals surface area contributed by atoms with E-state index in [-0.39, 0.29) is 0 Å². The van der Waals surface area contributed by atoms with E-state index in [1.165, 1.54) is 24.9 Å². The Morgan fingerprint density at radius 1 is 0.840 bits per heavy atom. The van der Waals surface area contributed by atoms with Crippen molar-refractivity contribution in [2.45, 2.75) is 19.3 Å². The van der Waals surface area contributed by atoms with Crippen LogP contribution in [0.4, 0.5) is 11.4 Å². The van der Waals surface area contributed by atoms with Crippen LogP contribution in [0.2, 0.25) is 0 Å². The van der Waals surface area contributed by atoms with E-state index in [9.17, 15) is 9.59 Å². The highest BCUT2D eigenvalue weighted by atomic mass is 16.2. The summed E-state index contributed by atoms with van der Waals surface area (Å²) in [7, 11) is 2.04. The molecule has 2 fully saturated rings. The van der Waals surface area contributed by atoms with Gasteiger partial charge in [-0.15, -0.1) is 0 Å². The molecule has 0 radical (unpaired) electrons. The highest BCUT2D eigenvalue weighted by molar-refractivity contribution is 6.39. The van der Waals surface area contributed by atoms with Crippen molar-refractivity contribution in [3.63, 3.8) is 0 Å². The number of carbonyl (C=O) groups is 2. The summed E-state index contributed by atoms with van der Waals surface area (Å²) in [5.41, 5.74) is 4.47. The van der Waals surface area contributed by atoms with Crippen molar-refractivity contribution in [3.05, 3.63) is 24.3 Å². The molecule has 2 aliphatic heterocycles. The number of piperazine rings is 1. The van der Waals surface area contributed by atoms with Gasteiger partial charge in [0.2, 0.25) is 0 Å². The van der Waals surface area contributed by atoms with Gasteiger partial charge >= 0.3 is 11.8 Å². The van der Waals surface area contributed by atoms with Crippen LogP contribution < -0.4 is 15.6 Å². The van der Waals surface area contributed by atoms with Crippen molar-refractivity contribution < 1.29 is 9.59 Å². The molecule has 2 heterocycles. The summed E-state index contributed by atoms with van der Waals surface area (Å²) in [6.07, 6.45) is 3.75. The molecule has 0 atom stereocenters. The van der Waals surface area contributed by atoms with Gasteiger partial charge in [-0.2, -0.15) is 0 Å². The molecule has 25 heavy (non-hydrogen) atoms. The molecule has 2 N–H and O–H groups in total. The summed E-state index contributed by atoms with van der Waals surface area (Å²) >= 11 is 0. The highest BCUT2D eigenvalue weighted by Crippen LogP contribution is 2.21. The van der Waals surface area contributed by atoms with Gasteiger partial charge < -0.3 is 15.1 Å². The Morgan fingerprint density at radius 3 is 2.12 bits per heavy atom. The van der Waals surface area contributed by atoms with E-state index in [0.29, 0.717) is 5.69 Å². The van der Waals surface area contributed by atoms with Crippen LogP contribution in [-0.2, 0) is 9.59 Å². The number of rotatable bonds is 3. The number of hydrogen-bond donors (Lipinski definition) is 2. The lowest BCUT2D eigenvalue weighted by atomic mass is 10.1. The molecule has 0 aliphatic carbocycles. The molecule has 0 aromatic heterocycles. The second-order valence-electron chi connectivity index (χ2n) is 6.78. The largest absolute Gasteiger partial charge is 0.372 e. The molecule has 2 amide bonds. The first-order valence-corrected chi connectivity index (χ1v) is 9.02. The molecule has 7 nitrogen and oxygen atoms in total. The highest BCUT2D eigenvalue weighted by Gasteiger charge is 2.20. The van der Waals surface area contributed by atoms with Crippen molar-refractivity contribution in [2.75, 3.05) is 56.5 Å². The smallest absolute Gasteiger partial charge is 0.323 e.